The second kappa shape index (κ2) is 21.1. The highest BCUT2D eigenvalue weighted by Gasteiger charge is 2.46. The fourth-order valence-electron chi connectivity index (χ4n) is 9.08. The molecule has 5 saturated heterocycles. The van der Waals surface area contributed by atoms with Crippen molar-refractivity contribution in [1.82, 2.24) is 41.1 Å². The molecular formula is C44H58ClFN10O8. The van der Waals surface area contributed by atoms with Crippen LogP contribution in [-0.4, -0.2) is 150 Å². The zero-order valence-electron chi connectivity index (χ0n) is 36.7. The molecule has 8 atom stereocenters. The lowest BCUT2D eigenvalue weighted by molar-refractivity contribution is -0.147. The molecule has 64 heavy (non-hydrogen) atoms. The lowest BCUT2D eigenvalue weighted by Gasteiger charge is -2.42. The quantitative estimate of drug-likeness (QED) is 0.209. The van der Waals surface area contributed by atoms with Gasteiger partial charge in [0.05, 0.1) is 30.4 Å². The van der Waals surface area contributed by atoms with Crippen LogP contribution in [0.5, 0.6) is 0 Å². The predicted molar refractivity (Wildman–Crippen MR) is 229 cm³/mol. The van der Waals surface area contributed by atoms with Gasteiger partial charge < -0.3 is 35.2 Å². The van der Waals surface area contributed by atoms with Crippen LogP contribution in [0.1, 0.15) is 77.7 Å². The molecule has 18 nitrogen and oxygen atoms in total. The van der Waals surface area contributed by atoms with Crippen LogP contribution >= 0.6 is 11.6 Å². The van der Waals surface area contributed by atoms with Crippen molar-refractivity contribution in [2.75, 3.05) is 46.3 Å². The van der Waals surface area contributed by atoms with E-state index >= 15 is 0 Å². The first-order valence-electron chi connectivity index (χ1n) is 21.9. The lowest BCUT2D eigenvalue weighted by Crippen LogP contribution is -2.65. The Labute approximate surface area is 377 Å². The van der Waals surface area contributed by atoms with Crippen LogP contribution in [0.2, 0.25) is 5.02 Å². The third-order valence-electron chi connectivity index (χ3n) is 12.4. The van der Waals surface area contributed by atoms with Crippen molar-refractivity contribution in [1.29, 1.82) is 10.5 Å². The number of nitrogens with zero attached hydrogens (tertiary/aromatic N) is 6. The summed E-state index contributed by atoms with van der Waals surface area (Å²) in [7, 11) is 2.00. The van der Waals surface area contributed by atoms with Gasteiger partial charge in [-0.3, -0.25) is 33.9 Å². The first-order valence-corrected chi connectivity index (χ1v) is 22.3. The van der Waals surface area contributed by atoms with Crippen molar-refractivity contribution < 1.29 is 42.6 Å². The molecule has 1 aromatic carbocycles. The Morgan fingerprint density at radius 3 is 2.25 bits per heavy atom. The summed E-state index contributed by atoms with van der Waals surface area (Å²) in [6.07, 6.45) is 3.41. The summed E-state index contributed by atoms with van der Waals surface area (Å²) in [5.74, 6) is -4.25. The summed E-state index contributed by atoms with van der Waals surface area (Å²) in [6.45, 7) is 8.14. The third-order valence-corrected chi connectivity index (χ3v) is 12.6. The number of hydrogen-bond donors (Lipinski definition) is 4. The molecule has 5 aliphatic heterocycles. The fourth-order valence-corrected chi connectivity index (χ4v) is 9.24. The number of benzene rings is 1. The van der Waals surface area contributed by atoms with E-state index in [-0.39, 0.29) is 73.8 Å². The van der Waals surface area contributed by atoms with E-state index in [1.165, 1.54) is 23.1 Å². The van der Waals surface area contributed by atoms with Crippen LogP contribution in [-0.2, 0) is 33.4 Å². The highest BCUT2D eigenvalue weighted by atomic mass is 35.5. The molecule has 0 radical (unpaired) electrons. The zero-order chi connectivity index (χ0) is 46.3. The topological polar surface area (TPSA) is 230 Å². The number of nitriles is 2. The van der Waals surface area contributed by atoms with Crippen LogP contribution in [0, 0.1) is 40.3 Å². The molecule has 6 rings (SSSR count). The molecule has 20 heteroatoms. The second-order valence-electron chi connectivity index (χ2n) is 18.3. The summed E-state index contributed by atoms with van der Waals surface area (Å²) < 4.78 is 26.6. The van der Waals surface area contributed by atoms with E-state index in [2.05, 4.69) is 32.3 Å². The van der Waals surface area contributed by atoms with Crippen molar-refractivity contribution in [2.45, 2.75) is 120 Å². The lowest BCUT2D eigenvalue weighted by atomic mass is 9.97. The highest BCUT2D eigenvalue weighted by Crippen LogP contribution is 2.30. The Kier molecular flexibility index (Phi) is 15.9. The van der Waals surface area contributed by atoms with Gasteiger partial charge in [0.25, 0.3) is 5.91 Å². The summed E-state index contributed by atoms with van der Waals surface area (Å²) >= 11 is 5.88. The maximum Gasteiger partial charge on any atom is 0.410 e. The number of rotatable bonds is 13. The molecule has 5 fully saturated rings. The Hall–Kier alpha value is -5.34. The number of hydrogen-bond acceptors (Lipinski definition) is 12. The van der Waals surface area contributed by atoms with E-state index in [1.807, 2.05) is 33.9 Å². The zero-order valence-corrected chi connectivity index (χ0v) is 37.4. The number of hydrazine groups is 1. The molecule has 6 amide bonds. The molecule has 0 spiro atoms. The summed E-state index contributed by atoms with van der Waals surface area (Å²) in [4.78, 5) is 86.4. The number of likely N-dealkylation sites (tertiary alicyclic amines) is 3. The number of halogens is 2. The van der Waals surface area contributed by atoms with E-state index in [9.17, 15) is 43.7 Å². The van der Waals surface area contributed by atoms with E-state index < -0.39 is 83.4 Å². The first kappa shape index (κ1) is 48.1. The summed E-state index contributed by atoms with van der Waals surface area (Å²) in [5, 5.41) is 29.6. The fraction of sp³-hybridized carbons (Fsp3) is 0.636. The van der Waals surface area contributed by atoms with E-state index in [4.69, 9.17) is 21.1 Å². The first-order chi connectivity index (χ1) is 30.4. The standard InChI is InChI=1S/C44H58ClFN10O8/c1-44(2,3)64-34-21-36(55(25-34)43(62)63-33-11-14-53(4)15-12-33)40(59)51-31(23-48)18-28-10-16-54(42(28)61)32-20-37(41(60)52-30(22-47)17-27-9-13-49-39(27)58)56(50-24-32)38(57)8-6-26-5-7-29(45)19-35(26)46/h5-8,19,27-28,30-34,36-37,50H,9-18,20-21,24-25H2,1-4H3,(H,49,58)(H,51,59)(H,52,60)/b8-6+/t27-,28?,30-,31?,32?,34?,36?,37-/m0/s1. The second-order valence-corrected chi connectivity index (χ2v) is 18.7. The Balaban J connectivity index is 1.11. The van der Waals surface area contributed by atoms with Crippen LogP contribution < -0.4 is 21.4 Å². The molecule has 0 saturated carbocycles. The minimum Gasteiger partial charge on any atom is -0.446 e. The molecule has 5 aliphatic rings. The normalized spacial score (nSPS) is 26.6. The number of carbonyl (C=O) groups is 6. The minimum atomic E-state index is -1.23. The number of carbonyl (C=O) groups excluding carboxylic acids is 6. The molecule has 346 valence electrons. The molecule has 0 aromatic heterocycles. The number of amides is 6. The largest absolute Gasteiger partial charge is 0.446 e. The SMILES string of the molecule is CN1CCC(OC(=O)N2CC(OC(C)(C)C)CC2C(=O)NC(C#N)CC2CCN(C3CNN(C(=O)/C=C/c4ccc(Cl)cc4F)[C@H](C(=O)N[C@H](C#N)C[C@@H]4CCNC4=O)C3)C2=O)CC1. The smallest absolute Gasteiger partial charge is 0.410 e. The van der Waals surface area contributed by atoms with Gasteiger partial charge in [-0.2, -0.15) is 10.5 Å². The van der Waals surface area contributed by atoms with Crippen molar-refractivity contribution in [3.8, 4) is 12.1 Å². The van der Waals surface area contributed by atoms with Gasteiger partial charge in [-0.05, 0) is 84.6 Å². The average Bonchev–Trinajstić information content (AvgIpc) is 3.97. The molecule has 5 unspecified atom stereocenters. The molecule has 1 aromatic rings. The van der Waals surface area contributed by atoms with Gasteiger partial charge in [0.15, 0.2) is 0 Å². The Bertz CT molecular complexity index is 2050. The van der Waals surface area contributed by atoms with Crippen LogP contribution in [0.25, 0.3) is 6.08 Å². The van der Waals surface area contributed by atoms with E-state index in [0.29, 0.717) is 32.2 Å². The van der Waals surface area contributed by atoms with Crippen molar-refractivity contribution in [3.05, 3.63) is 40.7 Å². The van der Waals surface area contributed by atoms with Gasteiger partial charge in [-0.25, -0.2) is 14.6 Å². The van der Waals surface area contributed by atoms with Gasteiger partial charge in [-0.15, -0.1) is 0 Å². The Morgan fingerprint density at radius 2 is 1.62 bits per heavy atom. The van der Waals surface area contributed by atoms with Crippen molar-refractivity contribution >= 4 is 53.3 Å². The van der Waals surface area contributed by atoms with Gasteiger partial charge in [0.1, 0.15) is 36.1 Å². The molecule has 0 bridgehead atoms. The maximum atomic E-state index is 14.5. The third kappa shape index (κ3) is 12.3. The van der Waals surface area contributed by atoms with Gasteiger partial charge in [-0.1, -0.05) is 17.7 Å². The Morgan fingerprint density at radius 1 is 0.953 bits per heavy atom. The van der Waals surface area contributed by atoms with Gasteiger partial charge in [0.2, 0.25) is 23.6 Å². The number of ether oxygens (including phenoxy) is 2. The van der Waals surface area contributed by atoms with E-state index in [1.54, 1.807) is 4.90 Å². The number of nitrogens with one attached hydrogen (secondary N) is 4. The molecule has 5 heterocycles. The monoisotopic (exact) mass is 908 g/mol. The van der Waals surface area contributed by atoms with Crippen LogP contribution in [0.3, 0.4) is 0 Å². The van der Waals surface area contributed by atoms with E-state index in [0.717, 1.165) is 30.2 Å². The number of piperidine rings is 1. The maximum absolute atomic E-state index is 14.5. The van der Waals surface area contributed by atoms with Crippen molar-refractivity contribution in [2.24, 2.45) is 11.8 Å². The molecular weight excluding hydrogens is 851 g/mol. The molecule has 0 aliphatic carbocycles. The summed E-state index contributed by atoms with van der Waals surface area (Å²) in [5.41, 5.74) is 2.50. The minimum absolute atomic E-state index is 0.00836. The summed E-state index contributed by atoms with van der Waals surface area (Å²) in [6, 6.07) is 3.19. The van der Waals surface area contributed by atoms with Crippen molar-refractivity contribution in [3.63, 3.8) is 0 Å². The van der Waals surface area contributed by atoms with Gasteiger partial charge in [0, 0.05) is 80.1 Å². The van der Waals surface area contributed by atoms with Crippen LogP contribution in [0.15, 0.2) is 24.3 Å². The predicted octanol–water partition coefficient (Wildman–Crippen LogP) is 2.24. The average molecular weight is 909 g/mol. The molecule has 4 N–H and O–H groups in total. The highest BCUT2D eigenvalue weighted by molar-refractivity contribution is 6.30. The van der Waals surface area contributed by atoms with Gasteiger partial charge >= 0.3 is 6.09 Å². The van der Waals surface area contributed by atoms with Crippen LogP contribution in [0.4, 0.5) is 9.18 Å².